The summed E-state index contributed by atoms with van der Waals surface area (Å²) in [7, 11) is 0. The van der Waals surface area contributed by atoms with Gasteiger partial charge in [0.1, 0.15) is 0 Å². The maximum Gasteiger partial charge on any atom is 0.223 e. The second kappa shape index (κ2) is 6.41. The third-order valence-corrected chi connectivity index (χ3v) is 4.32. The fourth-order valence-electron chi connectivity index (χ4n) is 3.47. The zero-order valence-corrected chi connectivity index (χ0v) is 12.7. The van der Waals surface area contributed by atoms with Crippen LogP contribution in [0.15, 0.2) is 0 Å². The molecule has 116 valence electrons. The molecule has 1 aliphatic heterocycles. The van der Waals surface area contributed by atoms with Crippen LogP contribution < -0.4 is 5.73 Å². The van der Waals surface area contributed by atoms with Gasteiger partial charge in [0.15, 0.2) is 0 Å². The maximum absolute atomic E-state index is 12.5. The molecule has 20 heavy (non-hydrogen) atoms. The summed E-state index contributed by atoms with van der Waals surface area (Å²) < 4.78 is 5.75. The summed E-state index contributed by atoms with van der Waals surface area (Å²) in [6.45, 7) is 4.98. The summed E-state index contributed by atoms with van der Waals surface area (Å²) in [5.41, 5.74) is 5.60. The molecule has 3 atom stereocenters. The Hall–Kier alpha value is -0.650. The highest BCUT2D eigenvalue weighted by Gasteiger charge is 2.36. The van der Waals surface area contributed by atoms with Crippen molar-refractivity contribution in [2.75, 3.05) is 19.7 Å². The third kappa shape index (κ3) is 4.17. The van der Waals surface area contributed by atoms with Crippen molar-refractivity contribution in [3.63, 3.8) is 0 Å². The number of rotatable bonds is 3. The highest BCUT2D eigenvalue weighted by atomic mass is 16.5. The first kappa shape index (κ1) is 15.7. The molecule has 0 bridgehead atoms. The Morgan fingerprint density at radius 1 is 1.45 bits per heavy atom. The lowest BCUT2D eigenvalue weighted by molar-refractivity contribution is -0.167. The standard InChI is InChI=1S/C15H28N2O3/c1-15(2)10-17(8-13(9-18)20-15)14(19)7-11-4-3-5-12(16)6-11/h11-13,18H,3-10,16H2,1-2H3. The van der Waals surface area contributed by atoms with E-state index in [0.717, 1.165) is 25.7 Å². The number of hydrogen-bond acceptors (Lipinski definition) is 4. The number of morpholine rings is 1. The normalized spacial score (nSPS) is 34.0. The number of aliphatic hydroxyl groups is 1. The van der Waals surface area contributed by atoms with Crippen LogP contribution in [0.3, 0.4) is 0 Å². The monoisotopic (exact) mass is 284 g/mol. The van der Waals surface area contributed by atoms with Crippen LogP contribution in [-0.2, 0) is 9.53 Å². The topological polar surface area (TPSA) is 75.8 Å². The Morgan fingerprint density at radius 2 is 2.20 bits per heavy atom. The van der Waals surface area contributed by atoms with Gasteiger partial charge in [-0.1, -0.05) is 6.42 Å². The highest BCUT2D eigenvalue weighted by Crippen LogP contribution is 2.28. The number of carbonyl (C=O) groups is 1. The molecule has 2 aliphatic rings. The van der Waals surface area contributed by atoms with Crippen LogP contribution in [0.1, 0.15) is 46.0 Å². The van der Waals surface area contributed by atoms with Crippen LogP contribution >= 0.6 is 0 Å². The van der Waals surface area contributed by atoms with Crippen molar-refractivity contribution in [2.24, 2.45) is 11.7 Å². The van der Waals surface area contributed by atoms with Crippen molar-refractivity contribution in [3.8, 4) is 0 Å². The van der Waals surface area contributed by atoms with E-state index in [0.29, 0.717) is 25.4 Å². The SMILES string of the molecule is CC1(C)CN(C(=O)CC2CCCC(N)C2)CC(CO)O1. The van der Waals surface area contributed by atoms with E-state index < -0.39 is 0 Å². The molecule has 5 nitrogen and oxygen atoms in total. The van der Waals surface area contributed by atoms with Crippen LogP contribution in [-0.4, -0.2) is 53.4 Å². The molecule has 0 aromatic rings. The molecule has 0 radical (unpaired) electrons. The summed E-state index contributed by atoms with van der Waals surface area (Å²) in [6.07, 6.45) is 4.60. The van der Waals surface area contributed by atoms with Gasteiger partial charge in [-0.15, -0.1) is 0 Å². The van der Waals surface area contributed by atoms with E-state index in [4.69, 9.17) is 10.5 Å². The molecule has 3 N–H and O–H groups in total. The van der Waals surface area contributed by atoms with Crippen LogP contribution in [0.25, 0.3) is 0 Å². The molecular weight excluding hydrogens is 256 g/mol. The van der Waals surface area contributed by atoms with Crippen molar-refractivity contribution >= 4 is 5.91 Å². The molecule has 1 amide bonds. The average Bonchev–Trinajstić information content (AvgIpc) is 2.36. The van der Waals surface area contributed by atoms with Crippen LogP contribution in [0.5, 0.6) is 0 Å². The predicted octanol–water partition coefficient (Wildman–Crippen LogP) is 0.892. The molecular formula is C15H28N2O3. The lowest BCUT2D eigenvalue weighted by Crippen LogP contribution is -2.55. The van der Waals surface area contributed by atoms with Gasteiger partial charge in [0.2, 0.25) is 5.91 Å². The number of aliphatic hydroxyl groups excluding tert-OH is 1. The van der Waals surface area contributed by atoms with E-state index in [-0.39, 0.29) is 30.3 Å². The first-order valence-corrected chi connectivity index (χ1v) is 7.71. The number of carbonyl (C=O) groups excluding carboxylic acids is 1. The first-order valence-electron chi connectivity index (χ1n) is 7.71. The van der Waals surface area contributed by atoms with Crippen LogP contribution in [0.2, 0.25) is 0 Å². The Morgan fingerprint density at radius 3 is 2.85 bits per heavy atom. The highest BCUT2D eigenvalue weighted by molar-refractivity contribution is 5.76. The van der Waals surface area contributed by atoms with Gasteiger partial charge >= 0.3 is 0 Å². The molecule has 0 spiro atoms. The summed E-state index contributed by atoms with van der Waals surface area (Å²) in [5.74, 6) is 0.601. The minimum Gasteiger partial charge on any atom is -0.394 e. The van der Waals surface area contributed by atoms with Gasteiger partial charge in [-0.25, -0.2) is 0 Å². The van der Waals surface area contributed by atoms with Crippen LogP contribution in [0, 0.1) is 5.92 Å². The predicted molar refractivity (Wildman–Crippen MR) is 77.2 cm³/mol. The average molecular weight is 284 g/mol. The van der Waals surface area contributed by atoms with E-state index in [1.165, 1.54) is 0 Å². The molecule has 1 aliphatic carbocycles. The zero-order valence-electron chi connectivity index (χ0n) is 12.7. The van der Waals surface area contributed by atoms with Gasteiger partial charge < -0.3 is 20.5 Å². The summed E-state index contributed by atoms with van der Waals surface area (Å²) in [6, 6.07) is 0.257. The van der Waals surface area contributed by atoms with E-state index in [2.05, 4.69) is 0 Å². The molecule has 2 rings (SSSR count). The van der Waals surface area contributed by atoms with Crippen molar-refractivity contribution in [1.29, 1.82) is 0 Å². The molecule has 5 heteroatoms. The molecule has 2 fully saturated rings. The molecule has 1 saturated carbocycles. The number of nitrogens with zero attached hydrogens (tertiary/aromatic N) is 1. The van der Waals surface area contributed by atoms with Gasteiger partial charge in [-0.05, 0) is 39.0 Å². The minimum atomic E-state index is -0.385. The van der Waals surface area contributed by atoms with E-state index in [1.807, 2.05) is 18.7 Å². The molecule has 0 aromatic carbocycles. The lowest BCUT2D eigenvalue weighted by Gasteiger charge is -2.42. The van der Waals surface area contributed by atoms with Gasteiger partial charge in [0, 0.05) is 25.6 Å². The number of hydrogen-bond donors (Lipinski definition) is 2. The first-order chi connectivity index (χ1) is 9.39. The Kier molecular flexibility index (Phi) is 5.04. The fraction of sp³-hybridized carbons (Fsp3) is 0.933. The van der Waals surface area contributed by atoms with Crippen molar-refractivity contribution in [1.82, 2.24) is 4.90 Å². The Balaban J connectivity index is 1.90. The molecule has 0 aromatic heterocycles. The van der Waals surface area contributed by atoms with Gasteiger partial charge in [-0.2, -0.15) is 0 Å². The molecule has 1 saturated heterocycles. The Bertz CT molecular complexity index is 346. The quantitative estimate of drug-likeness (QED) is 0.807. The second-order valence-corrected chi connectivity index (χ2v) is 6.95. The fourth-order valence-corrected chi connectivity index (χ4v) is 3.47. The Labute approximate surface area is 121 Å². The second-order valence-electron chi connectivity index (χ2n) is 6.95. The van der Waals surface area contributed by atoms with Crippen molar-refractivity contribution in [2.45, 2.75) is 63.7 Å². The number of amides is 1. The third-order valence-electron chi connectivity index (χ3n) is 4.32. The van der Waals surface area contributed by atoms with Crippen molar-refractivity contribution in [3.05, 3.63) is 0 Å². The zero-order chi connectivity index (χ0) is 14.8. The summed E-state index contributed by atoms with van der Waals surface area (Å²) in [4.78, 5) is 14.3. The maximum atomic E-state index is 12.5. The van der Waals surface area contributed by atoms with Gasteiger partial charge in [-0.3, -0.25) is 4.79 Å². The lowest BCUT2D eigenvalue weighted by atomic mass is 9.84. The molecule has 1 heterocycles. The van der Waals surface area contributed by atoms with Gasteiger partial charge in [0.05, 0.1) is 18.3 Å². The van der Waals surface area contributed by atoms with E-state index >= 15 is 0 Å². The van der Waals surface area contributed by atoms with E-state index in [9.17, 15) is 9.90 Å². The largest absolute Gasteiger partial charge is 0.394 e. The van der Waals surface area contributed by atoms with Crippen molar-refractivity contribution < 1.29 is 14.6 Å². The van der Waals surface area contributed by atoms with Crippen LogP contribution in [0.4, 0.5) is 0 Å². The smallest absolute Gasteiger partial charge is 0.223 e. The molecule has 3 unspecified atom stereocenters. The summed E-state index contributed by atoms with van der Waals surface area (Å²) >= 11 is 0. The summed E-state index contributed by atoms with van der Waals surface area (Å²) in [5, 5.41) is 9.30. The number of nitrogens with two attached hydrogens (primary N) is 1. The number of ether oxygens (including phenoxy) is 1. The van der Waals surface area contributed by atoms with Gasteiger partial charge in [0.25, 0.3) is 0 Å². The van der Waals surface area contributed by atoms with E-state index in [1.54, 1.807) is 0 Å². The minimum absolute atomic E-state index is 0.0402.